The lowest BCUT2D eigenvalue weighted by atomic mass is 9.87. The lowest BCUT2D eigenvalue weighted by molar-refractivity contribution is -0.0522. The van der Waals surface area contributed by atoms with E-state index in [9.17, 15) is 21.6 Å². The van der Waals surface area contributed by atoms with E-state index in [1.807, 2.05) is 0 Å². The second kappa shape index (κ2) is 3.42. The van der Waals surface area contributed by atoms with Gasteiger partial charge in [-0.3, -0.25) is 0 Å². The summed E-state index contributed by atoms with van der Waals surface area (Å²) in [6.45, 7) is 2.10. The van der Waals surface area contributed by atoms with Gasteiger partial charge in [0.05, 0.1) is 0 Å². The molecule has 1 saturated carbocycles. The first-order chi connectivity index (χ1) is 8.17. The predicted octanol–water partition coefficient (Wildman–Crippen LogP) is 2.49. The molecular formula is C11H16F3NO2S. The summed E-state index contributed by atoms with van der Waals surface area (Å²) in [7, 11) is -5.14. The molecule has 18 heavy (non-hydrogen) atoms. The van der Waals surface area contributed by atoms with Gasteiger partial charge in [-0.25, -0.2) is 8.42 Å². The van der Waals surface area contributed by atoms with E-state index in [4.69, 9.17) is 0 Å². The van der Waals surface area contributed by atoms with E-state index in [0.29, 0.717) is 31.6 Å². The quantitative estimate of drug-likeness (QED) is 0.741. The van der Waals surface area contributed by atoms with Gasteiger partial charge in [0.15, 0.2) is 0 Å². The second-order valence-electron chi connectivity index (χ2n) is 6.04. The SMILES string of the molecule is CC1CC12CC1CCC(C2)N1S(=O)(=O)C(F)(F)F. The van der Waals surface area contributed by atoms with Crippen molar-refractivity contribution in [2.75, 3.05) is 0 Å². The summed E-state index contributed by atoms with van der Waals surface area (Å²) in [5.41, 5.74) is -5.02. The highest BCUT2D eigenvalue weighted by Crippen LogP contribution is 2.64. The van der Waals surface area contributed by atoms with Crippen LogP contribution >= 0.6 is 0 Å². The fourth-order valence-corrected chi connectivity index (χ4v) is 5.36. The maximum atomic E-state index is 12.6. The van der Waals surface area contributed by atoms with Gasteiger partial charge in [-0.15, -0.1) is 0 Å². The van der Waals surface area contributed by atoms with Gasteiger partial charge < -0.3 is 0 Å². The van der Waals surface area contributed by atoms with Gasteiger partial charge in [0, 0.05) is 12.1 Å². The van der Waals surface area contributed by atoms with E-state index in [0.717, 1.165) is 10.7 Å². The van der Waals surface area contributed by atoms with Crippen molar-refractivity contribution >= 4 is 10.0 Å². The highest BCUT2D eigenvalue weighted by atomic mass is 32.2. The number of piperidine rings is 1. The van der Waals surface area contributed by atoms with Crippen LogP contribution < -0.4 is 0 Å². The van der Waals surface area contributed by atoms with Crippen LogP contribution in [0.3, 0.4) is 0 Å². The Bertz CT molecular complexity index is 459. The van der Waals surface area contributed by atoms with Crippen molar-refractivity contribution in [3.63, 3.8) is 0 Å². The molecule has 0 radical (unpaired) electrons. The molecule has 3 rings (SSSR count). The Labute approximate surface area is 104 Å². The smallest absolute Gasteiger partial charge is 0.203 e. The van der Waals surface area contributed by atoms with Crippen molar-refractivity contribution in [2.24, 2.45) is 11.3 Å². The molecule has 3 atom stereocenters. The van der Waals surface area contributed by atoms with Crippen molar-refractivity contribution in [2.45, 2.75) is 56.6 Å². The van der Waals surface area contributed by atoms with Crippen LogP contribution in [0.5, 0.6) is 0 Å². The molecule has 2 heterocycles. The molecule has 104 valence electrons. The number of alkyl halides is 3. The van der Waals surface area contributed by atoms with Crippen LogP contribution in [0.4, 0.5) is 13.2 Å². The van der Waals surface area contributed by atoms with Gasteiger partial charge >= 0.3 is 15.5 Å². The van der Waals surface area contributed by atoms with Crippen LogP contribution in [-0.2, 0) is 10.0 Å². The molecule has 0 aromatic carbocycles. The van der Waals surface area contributed by atoms with E-state index in [2.05, 4.69) is 6.92 Å². The van der Waals surface area contributed by atoms with Crippen LogP contribution in [-0.4, -0.2) is 30.3 Å². The number of hydrogen-bond donors (Lipinski definition) is 0. The minimum absolute atomic E-state index is 0.142. The number of sulfonamides is 1. The minimum Gasteiger partial charge on any atom is -0.203 e. The topological polar surface area (TPSA) is 37.4 Å². The molecule has 7 heteroatoms. The van der Waals surface area contributed by atoms with Crippen molar-refractivity contribution in [1.29, 1.82) is 0 Å². The maximum absolute atomic E-state index is 12.6. The van der Waals surface area contributed by atoms with E-state index < -0.39 is 27.6 Å². The molecule has 2 bridgehead atoms. The Kier molecular flexibility index (Phi) is 2.42. The highest BCUT2D eigenvalue weighted by molar-refractivity contribution is 7.90. The summed E-state index contributed by atoms with van der Waals surface area (Å²) in [4.78, 5) is 0. The zero-order valence-corrected chi connectivity index (χ0v) is 10.9. The van der Waals surface area contributed by atoms with Crippen molar-refractivity contribution in [3.8, 4) is 0 Å². The Balaban J connectivity index is 1.89. The molecular weight excluding hydrogens is 267 g/mol. The summed E-state index contributed by atoms with van der Waals surface area (Å²) in [6.07, 6.45) is 3.42. The van der Waals surface area contributed by atoms with Crippen LogP contribution in [0.25, 0.3) is 0 Å². The third kappa shape index (κ3) is 1.56. The third-order valence-electron chi connectivity index (χ3n) is 5.01. The average Bonchev–Trinajstić information content (AvgIpc) is 2.70. The van der Waals surface area contributed by atoms with Crippen molar-refractivity contribution in [3.05, 3.63) is 0 Å². The van der Waals surface area contributed by atoms with Gasteiger partial charge in [0.2, 0.25) is 0 Å². The summed E-state index contributed by atoms with van der Waals surface area (Å²) >= 11 is 0. The number of fused-ring (bicyclic) bond motifs is 2. The van der Waals surface area contributed by atoms with Gasteiger partial charge in [-0.2, -0.15) is 17.5 Å². The zero-order chi connectivity index (χ0) is 13.3. The molecule has 3 nitrogen and oxygen atoms in total. The molecule has 3 unspecified atom stereocenters. The molecule has 2 saturated heterocycles. The van der Waals surface area contributed by atoms with Crippen LogP contribution in [0.1, 0.15) is 39.0 Å². The molecule has 3 fully saturated rings. The average molecular weight is 283 g/mol. The van der Waals surface area contributed by atoms with Gasteiger partial charge in [-0.1, -0.05) is 6.92 Å². The number of halogens is 3. The standard InChI is InChI=1S/C11H16F3NO2S/c1-7-4-10(7)5-8-2-3-9(6-10)15(8)18(16,17)11(12,13)14/h7-9H,2-6H2,1H3. The third-order valence-corrected chi connectivity index (χ3v) is 6.74. The zero-order valence-electron chi connectivity index (χ0n) is 10.1. The van der Waals surface area contributed by atoms with Crippen LogP contribution in [0.15, 0.2) is 0 Å². The molecule has 1 aliphatic carbocycles. The van der Waals surface area contributed by atoms with E-state index >= 15 is 0 Å². The number of hydrogen-bond acceptors (Lipinski definition) is 2. The van der Waals surface area contributed by atoms with E-state index in [1.165, 1.54) is 0 Å². The Morgan fingerprint density at radius 2 is 1.56 bits per heavy atom. The second-order valence-corrected chi connectivity index (χ2v) is 7.88. The molecule has 0 aromatic rings. The molecule has 2 aliphatic heterocycles. The maximum Gasteiger partial charge on any atom is 0.511 e. The summed E-state index contributed by atoms with van der Waals surface area (Å²) in [5, 5.41) is 0. The first-order valence-corrected chi connectivity index (χ1v) is 7.71. The Morgan fingerprint density at radius 3 is 1.89 bits per heavy atom. The number of nitrogens with zero attached hydrogens (tertiary/aromatic N) is 1. The Morgan fingerprint density at radius 1 is 1.11 bits per heavy atom. The largest absolute Gasteiger partial charge is 0.511 e. The van der Waals surface area contributed by atoms with E-state index in [1.54, 1.807) is 0 Å². The first-order valence-electron chi connectivity index (χ1n) is 6.27. The molecule has 1 spiro atoms. The monoisotopic (exact) mass is 283 g/mol. The fourth-order valence-electron chi connectivity index (χ4n) is 3.98. The number of rotatable bonds is 1. The van der Waals surface area contributed by atoms with Crippen molar-refractivity contribution in [1.82, 2.24) is 4.31 Å². The summed E-state index contributed by atoms with van der Waals surface area (Å²) in [5.74, 6) is 0.538. The predicted molar refractivity (Wildman–Crippen MR) is 59.1 cm³/mol. The van der Waals surface area contributed by atoms with Crippen molar-refractivity contribution < 1.29 is 21.6 Å². The minimum atomic E-state index is -5.16. The first kappa shape index (κ1) is 12.7. The molecule has 0 N–H and O–H groups in total. The highest BCUT2D eigenvalue weighted by Gasteiger charge is 2.64. The summed E-state index contributed by atoms with van der Waals surface area (Å²) in [6, 6.07) is -0.861. The molecule has 0 aromatic heterocycles. The lowest BCUT2D eigenvalue weighted by Gasteiger charge is -2.38. The Hall–Kier alpha value is -0.300. The van der Waals surface area contributed by atoms with Gasteiger partial charge in [0.1, 0.15) is 0 Å². The summed E-state index contributed by atoms with van der Waals surface area (Å²) < 4.78 is 61.9. The van der Waals surface area contributed by atoms with E-state index in [-0.39, 0.29) is 5.41 Å². The van der Waals surface area contributed by atoms with Gasteiger partial charge in [-0.05, 0) is 43.4 Å². The van der Waals surface area contributed by atoms with Crippen LogP contribution in [0, 0.1) is 11.3 Å². The molecule has 0 amide bonds. The fraction of sp³-hybridized carbons (Fsp3) is 1.00. The normalized spacial score (nSPS) is 44.6. The molecule has 3 aliphatic rings. The van der Waals surface area contributed by atoms with Crippen LogP contribution in [0.2, 0.25) is 0 Å². The van der Waals surface area contributed by atoms with Gasteiger partial charge in [0.25, 0.3) is 0 Å². The lowest BCUT2D eigenvalue weighted by Crippen LogP contribution is -2.51.